The molecule has 2 atom stereocenters. The van der Waals surface area contributed by atoms with Gasteiger partial charge in [0.2, 0.25) is 0 Å². The third-order valence-corrected chi connectivity index (χ3v) is 3.29. The fourth-order valence-corrected chi connectivity index (χ4v) is 2.46. The molecule has 0 bridgehead atoms. The fraction of sp³-hybridized carbons (Fsp3) is 0.308. The lowest BCUT2D eigenvalue weighted by atomic mass is 9.97. The van der Waals surface area contributed by atoms with Crippen molar-refractivity contribution < 1.29 is 14.1 Å². The third kappa shape index (κ3) is 4.83. The standard InChI is InChI=1S/C13H14IO3P/c1-3-10(9-13(15)16-4-2)11-5-7-12(8-6-11)17-18-14/h1,5-8,10,18H,4,9H2,2H3. The number of terminal acetylenes is 1. The third-order valence-electron chi connectivity index (χ3n) is 2.32. The summed E-state index contributed by atoms with van der Waals surface area (Å²) in [6.45, 7) is 2.53. The van der Waals surface area contributed by atoms with Crippen LogP contribution in [0.2, 0.25) is 0 Å². The largest absolute Gasteiger partial charge is 0.467 e. The number of esters is 1. The van der Waals surface area contributed by atoms with Gasteiger partial charge in [-0.1, -0.05) is 18.1 Å². The summed E-state index contributed by atoms with van der Waals surface area (Å²) in [5.41, 5.74) is 0.926. The van der Waals surface area contributed by atoms with E-state index >= 15 is 0 Å². The van der Waals surface area contributed by atoms with Crippen LogP contribution in [0.1, 0.15) is 24.8 Å². The van der Waals surface area contributed by atoms with Gasteiger partial charge in [0.05, 0.1) is 18.9 Å². The Kier molecular flexibility index (Phi) is 7.07. The molecule has 3 nitrogen and oxygen atoms in total. The minimum Gasteiger partial charge on any atom is -0.467 e. The lowest BCUT2D eigenvalue weighted by Gasteiger charge is -2.11. The molecule has 18 heavy (non-hydrogen) atoms. The van der Waals surface area contributed by atoms with Gasteiger partial charge in [-0.2, -0.15) is 0 Å². The van der Waals surface area contributed by atoms with Gasteiger partial charge in [-0.05, 0) is 46.7 Å². The molecular weight excluding hydrogens is 362 g/mol. The van der Waals surface area contributed by atoms with Crippen LogP contribution in [0.3, 0.4) is 0 Å². The summed E-state index contributed by atoms with van der Waals surface area (Å²) in [4.78, 5) is 11.4. The number of carbonyl (C=O) groups excluding carboxylic acids is 1. The SMILES string of the molecule is C#CC(CC(=O)OCC)c1ccc(OPI)cc1. The summed E-state index contributed by atoms with van der Waals surface area (Å²) < 4.78 is 10.3. The molecule has 0 radical (unpaired) electrons. The lowest BCUT2D eigenvalue weighted by molar-refractivity contribution is -0.143. The second-order valence-corrected chi connectivity index (χ2v) is 5.16. The molecule has 0 heterocycles. The molecule has 1 rings (SSSR count). The average Bonchev–Trinajstić information content (AvgIpc) is 2.38. The first kappa shape index (κ1) is 15.3. The predicted molar refractivity (Wildman–Crippen MR) is 82.2 cm³/mol. The Morgan fingerprint density at radius 1 is 1.50 bits per heavy atom. The zero-order valence-corrected chi connectivity index (χ0v) is 13.1. The van der Waals surface area contributed by atoms with Crippen LogP contribution >= 0.6 is 28.5 Å². The van der Waals surface area contributed by atoms with Gasteiger partial charge >= 0.3 is 5.97 Å². The van der Waals surface area contributed by atoms with E-state index in [4.69, 9.17) is 15.7 Å². The smallest absolute Gasteiger partial charge is 0.307 e. The molecule has 0 fully saturated rings. The van der Waals surface area contributed by atoms with Crippen LogP contribution in [0.25, 0.3) is 0 Å². The molecule has 0 saturated carbocycles. The molecular formula is C13H14IO3P. The monoisotopic (exact) mass is 376 g/mol. The number of benzene rings is 1. The van der Waals surface area contributed by atoms with Crippen molar-refractivity contribution in [3.63, 3.8) is 0 Å². The Labute approximate surface area is 122 Å². The number of carbonyl (C=O) groups is 1. The molecule has 0 N–H and O–H groups in total. The van der Waals surface area contributed by atoms with E-state index in [1.165, 1.54) is 0 Å². The van der Waals surface area contributed by atoms with E-state index in [0.717, 1.165) is 11.3 Å². The maximum Gasteiger partial charge on any atom is 0.307 e. The predicted octanol–water partition coefficient (Wildman–Crippen LogP) is 3.68. The highest BCUT2D eigenvalue weighted by Crippen LogP contribution is 2.28. The molecule has 96 valence electrons. The van der Waals surface area contributed by atoms with Crippen molar-refractivity contribution in [3.05, 3.63) is 29.8 Å². The van der Waals surface area contributed by atoms with Gasteiger partial charge in [0.25, 0.3) is 0 Å². The minimum absolute atomic E-state index is 0.207. The average molecular weight is 376 g/mol. The van der Waals surface area contributed by atoms with Crippen LogP contribution in [0.4, 0.5) is 0 Å². The normalized spacial score (nSPS) is 12.1. The van der Waals surface area contributed by atoms with Crippen LogP contribution in [0.5, 0.6) is 5.75 Å². The first-order chi connectivity index (χ1) is 8.71. The second-order valence-electron chi connectivity index (χ2n) is 3.48. The highest BCUT2D eigenvalue weighted by atomic mass is 127. The molecule has 1 aromatic rings. The molecule has 0 aliphatic carbocycles. The fourth-order valence-electron chi connectivity index (χ4n) is 1.47. The van der Waals surface area contributed by atoms with Crippen LogP contribution in [-0.2, 0) is 9.53 Å². The molecule has 0 saturated heterocycles. The number of rotatable bonds is 6. The Morgan fingerprint density at radius 3 is 2.67 bits per heavy atom. The molecule has 0 amide bonds. The summed E-state index contributed by atoms with van der Waals surface area (Å²) in [6.07, 6.45) is 5.66. The van der Waals surface area contributed by atoms with E-state index in [-0.39, 0.29) is 18.3 Å². The van der Waals surface area contributed by atoms with E-state index < -0.39 is 0 Å². The zero-order chi connectivity index (χ0) is 13.4. The number of hydrogen-bond acceptors (Lipinski definition) is 3. The van der Waals surface area contributed by atoms with Gasteiger partial charge < -0.3 is 9.26 Å². The highest BCUT2D eigenvalue weighted by molar-refractivity contribution is 14.2. The summed E-state index contributed by atoms with van der Waals surface area (Å²) in [7, 11) is 0. The maximum atomic E-state index is 11.4. The van der Waals surface area contributed by atoms with Crippen molar-refractivity contribution in [2.75, 3.05) is 6.61 Å². The van der Waals surface area contributed by atoms with E-state index in [2.05, 4.69) is 28.0 Å². The first-order valence-corrected chi connectivity index (χ1v) is 9.47. The maximum absolute atomic E-state index is 11.4. The quantitative estimate of drug-likeness (QED) is 0.329. The van der Waals surface area contributed by atoms with Gasteiger partial charge in [0, 0.05) is 0 Å². The van der Waals surface area contributed by atoms with E-state index in [9.17, 15) is 4.79 Å². The molecule has 0 aromatic heterocycles. The number of halogens is 1. The summed E-state index contributed by atoms with van der Waals surface area (Å²) in [5.74, 6) is 2.90. The van der Waals surface area contributed by atoms with E-state index in [0.29, 0.717) is 13.1 Å². The van der Waals surface area contributed by atoms with Gasteiger partial charge in [0.15, 0.2) is 0 Å². The molecule has 0 aliphatic rings. The highest BCUT2D eigenvalue weighted by Gasteiger charge is 2.14. The molecule has 0 aliphatic heterocycles. The number of hydrogen-bond donors (Lipinski definition) is 0. The van der Waals surface area contributed by atoms with E-state index in [1.807, 2.05) is 24.3 Å². The van der Waals surface area contributed by atoms with E-state index in [1.54, 1.807) is 6.92 Å². The van der Waals surface area contributed by atoms with Crippen molar-refractivity contribution in [2.45, 2.75) is 19.3 Å². The molecule has 5 heteroatoms. The second kappa shape index (κ2) is 8.34. The van der Waals surface area contributed by atoms with Gasteiger partial charge in [-0.3, -0.25) is 4.79 Å². The Morgan fingerprint density at radius 2 is 2.17 bits per heavy atom. The van der Waals surface area contributed by atoms with Crippen LogP contribution in [0, 0.1) is 12.3 Å². The van der Waals surface area contributed by atoms with Crippen molar-refractivity contribution >= 4 is 34.5 Å². The molecule has 0 spiro atoms. The minimum atomic E-state index is -0.269. The molecule has 1 aromatic carbocycles. The van der Waals surface area contributed by atoms with Crippen molar-refractivity contribution in [2.24, 2.45) is 0 Å². The topological polar surface area (TPSA) is 35.5 Å². The Hall–Kier alpha value is -0.790. The van der Waals surface area contributed by atoms with Crippen LogP contribution in [-0.4, -0.2) is 12.6 Å². The zero-order valence-electron chi connectivity index (χ0n) is 9.98. The number of ether oxygens (including phenoxy) is 1. The summed E-state index contributed by atoms with van der Waals surface area (Å²) >= 11 is 2.16. The summed E-state index contributed by atoms with van der Waals surface area (Å²) in [6, 6.07) is 7.48. The van der Waals surface area contributed by atoms with Gasteiger partial charge in [0.1, 0.15) is 12.2 Å². The molecule has 2 unspecified atom stereocenters. The Bertz CT molecular complexity index is 425. The van der Waals surface area contributed by atoms with Crippen LogP contribution in [0.15, 0.2) is 24.3 Å². The van der Waals surface area contributed by atoms with Crippen molar-refractivity contribution in [1.82, 2.24) is 0 Å². The summed E-state index contributed by atoms with van der Waals surface area (Å²) in [5, 5.41) is 0. The van der Waals surface area contributed by atoms with Crippen molar-refractivity contribution in [1.29, 1.82) is 0 Å². The lowest BCUT2D eigenvalue weighted by Crippen LogP contribution is -2.09. The Balaban J connectivity index is 2.70. The van der Waals surface area contributed by atoms with Gasteiger partial charge in [-0.25, -0.2) is 0 Å². The first-order valence-electron chi connectivity index (χ1n) is 5.45. The van der Waals surface area contributed by atoms with Gasteiger partial charge in [-0.15, -0.1) is 6.42 Å². The van der Waals surface area contributed by atoms with Crippen molar-refractivity contribution in [3.8, 4) is 18.1 Å². The van der Waals surface area contributed by atoms with Crippen LogP contribution < -0.4 is 4.52 Å².